The maximum Gasteiger partial charge on any atom is 0.242 e. The Morgan fingerprint density at radius 3 is 2.68 bits per heavy atom. The Labute approximate surface area is 117 Å². The minimum absolute atomic E-state index is 0.0292. The van der Waals surface area contributed by atoms with Crippen LogP contribution in [0.25, 0.3) is 0 Å². The number of aliphatic hydroxyl groups excluding tert-OH is 1. The van der Waals surface area contributed by atoms with Gasteiger partial charge in [-0.1, -0.05) is 11.6 Å². The quantitative estimate of drug-likeness (QED) is 0.749. The first kappa shape index (κ1) is 16.2. The zero-order valence-electron chi connectivity index (χ0n) is 10.7. The van der Waals surface area contributed by atoms with E-state index in [2.05, 4.69) is 0 Å². The van der Waals surface area contributed by atoms with Crippen molar-refractivity contribution in [1.29, 1.82) is 0 Å². The first-order valence-electron chi connectivity index (χ1n) is 5.47. The minimum atomic E-state index is -3.71. The molecule has 6 nitrogen and oxygen atoms in total. The Morgan fingerprint density at radius 2 is 2.16 bits per heavy atom. The molecule has 0 saturated carbocycles. The summed E-state index contributed by atoms with van der Waals surface area (Å²) >= 11 is 5.75. The molecule has 1 rings (SSSR count). The van der Waals surface area contributed by atoms with Crippen molar-refractivity contribution in [3.8, 4) is 0 Å². The molecule has 8 heteroatoms. The molecule has 0 spiro atoms. The maximum atomic E-state index is 12.2. The van der Waals surface area contributed by atoms with Gasteiger partial charge in [-0.2, -0.15) is 4.31 Å². The third kappa shape index (κ3) is 4.05. The molecule has 0 aliphatic rings. The zero-order chi connectivity index (χ0) is 14.6. The van der Waals surface area contributed by atoms with E-state index in [9.17, 15) is 13.5 Å². The number of aliphatic hydroxyl groups is 1. The third-order valence-corrected chi connectivity index (χ3v) is 4.67. The number of ether oxygens (including phenoxy) is 1. The van der Waals surface area contributed by atoms with Crippen molar-refractivity contribution in [2.24, 2.45) is 0 Å². The summed E-state index contributed by atoms with van der Waals surface area (Å²) in [6, 6.07) is 4.08. The summed E-state index contributed by atoms with van der Waals surface area (Å²) in [4.78, 5) is 0.0292. The minimum Gasteiger partial charge on any atom is -0.397 e. The summed E-state index contributed by atoms with van der Waals surface area (Å²) in [6.07, 6.45) is -0.894. The summed E-state index contributed by atoms with van der Waals surface area (Å²) in [6.45, 7) is -0.0126. The van der Waals surface area contributed by atoms with E-state index >= 15 is 0 Å². The van der Waals surface area contributed by atoms with E-state index in [0.717, 1.165) is 4.31 Å². The number of halogens is 1. The fraction of sp³-hybridized carbons (Fsp3) is 0.455. The first-order chi connectivity index (χ1) is 8.78. The Hall–Kier alpha value is -0.860. The third-order valence-electron chi connectivity index (χ3n) is 2.50. The lowest BCUT2D eigenvalue weighted by Gasteiger charge is -2.20. The number of methoxy groups -OCH3 is 1. The van der Waals surface area contributed by atoms with Crippen molar-refractivity contribution in [2.75, 3.05) is 33.0 Å². The predicted octanol–water partition coefficient (Wildman–Crippen LogP) is 0.550. The van der Waals surface area contributed by atoms with Gasteiger partial charge in [-0.25, -0.2) is 8.42 Å². The topological polar surface area (TPSA) is 92.9 Å². The number of rotatable bonds is 6. The van der Waals surface area contributed by atoms with Crippen LogP contribution in [0.2, 0.25) is 5.02 Å². The van der Waals surface area contributed by atoms with Crippen LogP contribution in [-0.4, -0.2) is 51.2 Å². The highest BCUT2D eigenvalue weighted by Crippen LogP contribution is 2.24. The molecule has 0 aromatic heterocycles. The first-order valence-corrected chi connectivity index (χ1v) is 7.29. The summed E-state index contributed by atoms with van der Waals surface area (Å²) in [5, 5.41) is 9.84. The van der Waals surface area contributed by atoms with E-state index in [1.165, 1.54) is 32.4 Å². The van der Waals surface area contributed by atoms with E-state index in [0.29, 0.717) is 5.02 Å². The Bertz CT molecular complexity index is 535. The highest BCUT2D eigenvalue weighted by molar-refractivity contribution is 7.89. The van der Waals surface area contributed by atoms with Crippen molar-refractivity contribution in [1.82, 2.24) is 4.31 Å². The number of hydrogen-bond donors (Lipinski definition) is 2. The average Bonchev–Trinajstić information content (AvgIpc) is 2.32. The van der Waals surface area contributed by atoms with Gasteiger partial charge in [0.25, 0.3) is 0 Å². The standard InChI is InChI=1S/C11H17ClN2O4S/c1-14(6-8(15)7-18-2)19(16,17)9-3-4-10(12)11(13)5-9/h3-5,8,15H,6-7,13H2,1-2H3. The molecule has 19 heavy (non-hydrogen) atoms. The average molecular weight is 309 g/mol. The second-order valence-corrected chi connectivity index (χ2v) is 6.53. The molecule has 0 aliphatic heterocycles. The maximum absolute atomic E-state index is 12.2. The smallest absolute Gasteiger partial charge is 0.242 e. The van der Waals surface area contributed by atoms with Crippen molar-refractivity contribution < 1.29 is 18.3 Å². The lowest BCUT2D eigenvalue weighted by Crippen LogP contribution is -2.36. The number of sulfonamides is 1. The fourth-order valence-electron chi connectivity index (χ4n) is 1.50. The molecule has 0 heterocycles. The molecule has 3 N–H and O–H groups in total. The SMILES string of the molecule is COCC(O)CN(C)S(=O)(=O)c1ccc(Cl)c(N)c1. The molecule has 0 bridgehead atoms. The second-order valence-electron chi connectivity index (χ2n) is 4.08. The van der Waals surface area contributed by atoms with Crippen LogP contribution in [0.5, 0.6) is 0 Å². The van der Waals surface area contributed by atoms with Crippen LogP contribution in [0.15, 0.2) is 23.1 Å². The van der Waals surface area contributed by atoms with E-state index in [4.69, 9.17) is 22.1 Å². The van der Waals surface area contributed by atoms with E-state index in [-0.39, 0.29) is 23.7 Å². The lowest BCUT2D eigenvalue weighted by molar-refractivity contribution is 0.0554. The number of anilines is 1. The summed E-state index contributed by atoms with van der Waals surface area (Å²) in [5.41, 5.74) is 5.77. The van der Waals surface area contributed by atoms with Crippen LogP contribution in [0.4, 0.5) is 5.69 Å². The molecule has 1 atom stereocenters. The Morgan fingerprint density at radius 1 is 1.53 bits per heavy atom. The molecular formula is C11H17ClN2O4S. The number of nitrogen functional groups attached to an aromatic ring is 1. The highest BCUT2D eigenvalue weighted by atomic mass is 35.5. The van der Waals surface area contributed by atoms with Crippen molar-refractivity contribution >= 4 is 27.3 Å². The molecule has 1 aromatic carbocycles. The number of likely N-dealkylation sites (N-methyl/N-ethyl adjacent to an activating group) is 1. The Balaban J connectivity index is 2.93. The van der Waals surface area contributed by atoms with Gasteiger partial charge in [-0.15, -0.1) is 0 Å². The van der Waals surface area contributed by atoms with Gasteiger partial charge in [-0.3, -0.25) is 0 Å². The highest BCUT2D eigenvalue weighted by Gasteiger charge is 2.23. The molecule has 1 aromatic rings. The normalized spacial score (nSPS) is 13.7. The van der Waals surface area contributed by atoms with Crippen LogP contribution >= 0.6 is 11.6 Å². The lowest BCUT2D eigenvalue weighted by atomic mass is 10.3. The molecule has 108 valence electrons. The molecule has 0 saturated heterocycles. The number of hydrogen-bond acceptors (Lipinski definition) is 5. The van der Waals surface area contributed by atoms with Crippen LogP contribution in [-0.2, 0) is 14.8 Å². The Kier molecular flexibility index (Phi) is 5.57. The number of benzene rings is 1. The van der Waals surface area contributed by atoms with E-state index < -0.39 is 16.1 Å². The molecule has 0 fully saturated rings. The molecular weight excluding hydrogens is 292 g/mol. The predicted molar refractivity (Wildman–Crippen MR) is 73.6 cm³/mol. The zero-order valence-corrected chi connectivity index (χ0v) is 12.3. The van der Waals surface area contributed by atoms with Gasteiger partial charge in [0.2, 0.25) is 10.0 Å². The summed E-state index contributed by atoms with van der Waals surface area (Å²) < 4.78 is 30.2. The molecule has 0 radical (unpaired) electrons. The molecule has 0 amide bonds. The largest absolute Gasteiger partial charge is 0.397 e. The monoisotopic (exact) mass is 308 g/mol. The van der Waals surface area contributed by atoms with E-state index in [1.807, 2.05) is 0 Å². The van der Waals surface area contributed by atoms with Crippen molar-refractivity contribution in [3.05, 3.63) is 23.2 Å². The van der Waals surface area contributed by atoms with Crippen LogP contribution < -0.4 is 5.73 Å². The molecule has 1 unspecified atom stereocenters. The van der Waals surface area contributed by atoms with Gasteiger partial charge in [0, 0.05) is 20.7 Å². The van der Waals surface area contributed by atoms with Crippen LogP contribution in [0.3, 0.4) is 0 Å². The second kappa shape index (κ2) is 6.53. The summed E-state index contributed by atoms with van der Waals surface area (Å²) in [7, 11) is -0.910. The fourth-order valence-corrected chi connectivity index (χ4v) is 2.86. The van der Waals surface area contributed by atoms with Crippen LogP contribution in [0, 0.1) is 0 Å². The summed E-state index contributed by atoms with van der Waals surface area (Å²) in [5.74, 6) is 0. The van der Waals surface area contributed by atoms with Gasteiger partial charge in [0.1, 0.15) is 0 Å². The van der Waals surface area contributed by atoms with E-state index in [1.54, 1.807) is 0 Å². The number of nitrogens with two attached hydrogens (primary N) is 1. The van der Waals surface area contributed by atoms with Crippen molar-refractivity contribution in [2.45, 2.75) is 11.0 Å². The van der Waals surface area contributed by atoms with Gasteiger partial charge >= 0.3 is 0 Å². The van der Waals surface area contributed by atoms with Gasteiger partial charge in [-0.05, 0) is 18.2 Å². The van der Waals surface area contributed by atoms with Crippen molar-refractivity contribution in [3.63, 3.8) is 0 Å². The number of nitrogens with zero attached hydrogens (tertiary/aromatic N) is 1. The van der Waals surface area contributed by atoms with Gasteiger partial charge < -0.3 is 15.6 Å². The van der Waals surface area contributed by atoms with Crippen LogP contribution in [0.1, 0.15) is 0 Å². The van der Waals surface area contributed by atoms with Gasteiger partial charge in [0.05, 0.1) is 28.3 Å². The molecule has 0 aliphatic carbocycles. The van der Waals surface area contributed by atoms with Gasteiger partial charge in [0.15, 0.2) is 0 Å².